The van der Waals surface area contributed by atoms with Crippen LogP contribution in [-0.2, 0) is 9.53 Å². The van der Waals surface area contributed by atoms with Gasteiger partial charge in [-0.15, -0.1) is 13.2 Å². The van der Waals surface area contributed by atoms with Gasteiger partial charge < -0.3 is 14.4 Å². The Balaban J connectivity index is 2.36. The number of carbonyl (C=O) groups excluding carboxylic acids is 1. The monoisotopic (exact) mass is 343 g/mol. The van der Waals surface area contributed by atoms with E-state index >= 15 is 0 Å². The standard InChI is InChI=1S/C22H33NO2/c1-5-8-15-21(4)20(25-17-19-11-12-19)10-9-16-23(21)22(18-24,13-6-2)14-7-3/h6-7,9-10,16,18-19H,2-3,5,8,11-15,17H2,1,4H3/t21-/m1/s1. The van der Waals surface area contributed by atoms with Gasteiger partial charge in [0.1, 0.15) is 17.6 Å². The number of unbranched alkanes of at least 4 members (excludes halogenated alkanes) is 1. The molecule has 1 aliphatic heterocycles. The molecule has 1 fully saturated rings. The first-order valence-electron chi connectivity index (χ1n) is 9.55. The van der Waals surface area contributed by atoms with Crippen LogP contribution >= 0.6 is 0 Å². The summed E-state index contributed by atoms with van der Waals surface area (Å²) in [6.07, 6.45) is 17.7. The molecule has 0 aromatic carbocycles. The van der Waals surface area contributed by atoms with E-state index in [1.807, 2.05) is 24.4 Å². The lowest BCUT2D eigenvalue weighted by molar-refractivity contribution is -0.121. The smallest absolute Gasteiger partial charge is 0.146 e. The zero-order chi connectivity index (χ0) is 18.3. The third kappa shape index (κ3) is 4.26. The van der Waals surface area contributed by atoms with Gasteiger partial charge in [0.15, 0.2) is 0 Å². The molecular weight excluding hydrogens is 310 g/mol. The molecule has 1 saturated carbocycles. The highest BCUT2D eigenvalue weighted by Crippen LogP contribution is 2.42. The summed E-state index contributed by atoms with van der Waals surface area (Å²) in [7, 11) is 0. The Hall–Kier alpha value is -1.77. The normalized spacial score (nSPS) is 23.1. The van der Waals surface area contributed by atoms with Gasteiger partial charge in [0.2, 0.25) is 0 Å². The number of allylic oxidation sites excluding steroid dienone is 2. The van der Waals surface area contributed by atoms with Crippen LogP contribution in [0.1, 0.15) is 58.8 Å². The van der Waals surface area contributed by atoms with Gasteiger partial charge in [-0.3, -0.25) is 0 Å². The Morgan fingerprint density at radius 1 is 1.36 bits per heavy atom. The molecule has 0 aromatic rings. The molecule has 1 atom stereocenters. The minimum atomic E-state index is -0.662. The molecule has 0 N–H and O–H groups in total. The Labute approximate surface area is 153 Å². The van der Waals surface area contributed by atoms with Crippen LogP contribution in [0.3, 0.4) is 0 Å². The maximum absolute atomic E-state index is 12.2. The van der Waals surface area contributed by atoms with Gasteiger partial charge in [-0.25, -0.2) is 0 Å². The summed E-state index contributed by atoms with van der Waals surface area (Å²) >= 11 is 0. The van der Waals surface area contributed by atoms with Crippen LogP contribution in [0.2, 0.25) is 0 Å². The van der Waals surface area contributed by atoms with Crippen LogP contribution in [0.25, 0.3) is 0 Å². The predicted octanol–water partition coefficient (Wildman–Crippen LogP) is 5.17. The summed E-state index contributed by atoms with van der Waals surface area (Å²) in [5.41, 5.74) is -0.989. The number of aldehydes is 1. The molecule has 2 rings (SSSR count). The van der Waals surface area contributed by atoms with Gasteiger partial charge >= 0.3 is 0 Å². The number of ether oxygens (including phenoxy) is 1. The fourth-order valence-corrected chi connectivity index (χ4v) is 3.71. The molecule has 0 radical (unpaired) electrons. The topological polar surface area (TPSA) is 29.5 Å². The second kappa shape index (κ2) is 8.55. The van der Waals surface area contributed by atoms with E-state index in [0.29, 0.717) is 18.8 Å². The van der Waals surface area contributed by atoms with E-state index in [9.17, 15) is 4.79 Å². The third-order valence-electron chi connectivity index (χ3n) is 5.43. The van der Waals surface area contributed by atoms with Crippen LogP contribution in [0, 0.1) is 5.92 Å². The lowest BCUT2D eigenvalue weighted by atomic mass is 9.80. The van der Waals surface area contributed by atoms with Gasteiger partial charge in [0.05, 0.1) is 12.1 Å². The van der Waals surface area contributed by atoms with Crippen molar-refractivity contribution < 1.29 is 9.53 Å². The molecule has 0 saturated heterocycles. The molecule has 1 aliphatic carbocycles. The van der Waals surface area contributed by atoms with E-state index < -0.39 is 5.54 Å². The van der Waals surface area contributed by atoms with E-state index in [1.54, 1.807) is 0 Å². The first kappa shape index (κ1) is 19.6. The molecule has 3 heteroatoms. The fraction of sp³-hybridized carbons (Fsp3) is 0.591. The van der Waals surface area contributed by atoms with Crippen LogP contribution in [-0.4, -0.2) is 28.9 Å². The van der Waals surface area contributed by atoms with Gasteiger partial charge in [-0.05, 0) is 57.1 Å². The highest BCUT2D eigenvalue weighted by atomic mass is 16.5. The van der Waals surface area contributed by atoms with Crippen LogP contribution in [0.5, 0.6) is 0 Å². The molecule has 0 unspecified atom stereocenters. The second-order valence-electron chi connectivity index (χ2n) is 7.58. The number of hydrogen-bond donors (Lipinski definition) is 0. The maximum atomic E-state index is 12.2. The van der Waals surface area contributed by atoms with Crippen molar-refractivity contribution in [2.24, 2.45) is 5.92 Å². The van der Waals surface area contributed by atoms with Crippen LogP contribution in [0.15, 0.2) is 49.4 Å². The quantitative estimate of drug-likeness (QED) is 0.362. The first-order valence-corrected chi connectivity index (χ1v) is 9.55. The van der Waals surface area contributed by atoms with Crippen LogP contribution < -0.4 is 0 Å². The van der Waals surface area contributed by atoms with Gasteiger partial charge in [0.25, 0.3) is 0 Å². The SMILES string of the molecule is C=CCC(C=O)(CC=C)N1C=CC=C(OCC2CC2)[C@@]1(C)CCCC. The molecule has 25 heavy (non-hydrogen) atoms. The first-order chi connectivity index (χ1) is 12.1. The Kier molecular flexibility index (Phi) is 6.69. The molecule has 1 heterocycles. The van der Waals surface area contributed by atoms with Crippen molar-refractivity contribution >= 4 is 6.29 Å². The van der Waals surface area contributed by atoms with E-state index in [-0.39, 0.29) is 5.54 Å². The van der Waals surface area contributed by atoms with Crippen molar-refractivity contribution in [3.05, 3.63) is 49.4 Å². The minimum Gasteiger partial charge on any atom is -0.495 e. The van der Waals surface area contributed by atoms with Crippen molar-refractivity contribution in [2.75, 3.05) is 6.61 Å². The average Bonchev–Trinajstić information content (AvgIpc) is 3.43. The van der Waals surface area contributed by atoms with Crippen molar-refractivity contribution in [3.63, 3.8) is 0 Å². The largest absolute Gasteiger partial charge is 0.495 e. The summed E-state index contributed by atoms with van der Waals surface area (Å²) in [4.78, 5) is 14.4. The predicted molar refractivity (Wildman–Crippen MR) is 104 cm³/mol. The lowest BCUT2D eigenvalue weighted by Crippen LogP contribution is -2.59. The summed E-state index contributed by atoms with van der Waals surface area (Å²) in [5, 5.41) is 0. The Morgan fingerprint density at radius 2 is 2.04 bits per heavy atom. The van der Waals surface area contributed by atoms with E-state index in [0.717, 1.165) is 37.9 Å². The van der Waals surface area contributed by atoms with Crippen molar-refractivity contribution in [3.8, 4) is 0 Å². The number of hydrogen-bond acceptors (Lipinski definition) is 3. The molecule has 138 valence electrons. The summed E-state index contributed by atoms with van der Waals surface area (Å²) in [5.74, 6) is 1.68. The molecule has 0 amide bonds. The van der Waals surface area contributed by atoms with E-state index in [4.69, 9.17) is 4.74 Å². The summed E-state index contributed by atoms with van der Waals surface area (Å²) in [6.45, 7) is 12.9. The highest BCUT2D eigenvalue weighted by molar-refractivity contribution is 5.66. The Bertz CT molecular complexity index is 534. The number of nitrogens with zero attached hydrogens (tertiary/aromatic N) is 1. The zero-order valence-electron chi connectivity index (χ0n) is 15.9. The zero-order valence-corrected chi connectivity index (χ0v) is 15.9. The number of rotatable bonds is 12. The Morgan fingerprint density at radius 3 is 2.56 bits per heavy atom. The van der Waals surface area contributed by atoms with E-state index in [2.05, 4.69) is 38.0 Å². The summed E-state index contributed by atoms with van der Waals surface area (Å²) < 4.78 is 6.25. The highest BCUT2D eigenvalue weighted by Gasteiger charge is 2.47. The van der Waals surface area contributed by atoms with E-state index in [1.165, 1.54) is 12.8 Å². The molecular formula is C22H33NO2. The fourth-order valence-electron chi connectivity index (χ4n) is 3.71. The van der Waals surface area contributed by atoms with Crippen LogP contribution in [0.4, 0.5) is 0 Å². The second-order valence-corrected chi connectivity index (χ2v) is 7.58. The third-order valence-corrected chi connectivity index (χ3v) is 5.43. The van der Waals surface area contributed by atoms with Gasteiger partial charge in [-0.1, -0.05) is 31.9 Å². The lowest BCUT2D eigenvalue weighted by Gasteiger charge is -2.52. The molecule has 3 nitrogen and oxygen atoms in total. The van der Waals surface area contributed by atoms with Gasteiger partial charge in [-0.2, -0.15) is 0 Å². The maximum Gasteiger partial charge on any atom is 0.146 e. The van der Waals surface area contributed by atoms with Crippen molar-refractivity contribution in [1.29, 1.82) is 0 Å². The molecule has 0 bridgehead atoms. The van der Waals surface area contributed by atoms with Gasteiger partial charge in [0, 0.05) is 6.20 Å². The molecule has 0 spiro atoms. The molecule has 0 aromatic heterocycles. The minimum absolute atomic E-state index is 0.327. The number of carbonyl (C=O) groups is 1. The summed E-state index contributed by atoms with van der Waals surface area (Å²) in [6, 6.07) is 0. The average molecular weight is 344 g/mol. The van der Waals surface area contributed by atoms with Crippen molar-refractivity contribution in [1.82, 2.24) is 4.90 Å². The van der Waals surface area contributed by atoms with Crippen molar-refractivity contribution in [2.45, 2.75) is 69.9 Å². The molecule has 2 aliphatic rings.